The van der Waals surface area contributed by atoms with Crippen LogP contribution in [0.2, 0.25) is 0 Å². The van der Waals surface area contributed by atoms with Gasteiger partial charge in [-0.1, -0.05) is 0 Å². The zero-order valence-corrected chi connectivity index (χ0v) is 3.44. The lowest BCUT2D eigenvalue weighted by molar-refractivity contribution is 0.882. The lowest BCUT2D eigenvalue weighted by Gasteiger charge is -1.77. The zero-order valence-electron chi connectivity index (χ0n) is 3.44. The Kier molecular flexibility index (Phi) is 0.828. The van der Waals surface area contributed by atoms with E-state index in [0.29, 0.717) is 0 Å². The van der Waals surface area contributed by atoms with Gasteiger partial charge < -0.3 is 0 Å². The number of nitrogens with zero attached hydrogens (tertiary/aromatic N) is 4. The van der Waals surface area contributed by atoms with Crippen molar-refractivity contribution in [2.75, 3.05) is 0 Å². The predicted molar refractivity (Wildman–Crippen MR) is 22.7 cm³/mol. The Labute approximate surface area is 40.2 Å². The maximum atomic E-state index is 8.05. The lowest BCUT2D eigenvalue weighted by Crippen LogP contribution is -1.87. The molecule has 4 nitrogen and oxygen atoms in total. The highest BCUT2D eigenvalue weighted by Gasteiger charge is 2.01. The molecule has 0 radical (unpaired) electrons. The van der Waals surface area contributed by atoms with E-state index in [0.717, 1.165) is 0 Å². The van der Waals surface area contributed by atoms with Crippen LogP contribution in [0.5, 0.6) is 0 Å². The fourth-order valence-corrected chi connectivity index (χ4v) is 0.275. The smallest absolute Gasteiger partial charge is 0.228 e. The number of azo groups is 1. The Balaban J connectivity index is 2.65. The zero-order chi connectivity index (χ0) is 5.11. The molecule has 0 N–H and O–H groups in total. The highest BCUT2D eigenvalue weighted by molar-refractivity contribution is 5.56. The van der Waals surface area contributed by atoms with Crippen LogP contribution < -0.4 is 0 Å². The maximum Gasteiger partial charge on any atom is 0.248 e. The SMILES string of the molecule is N#CC1N=CN=N1. The van der Waals surface area contributed by atoms with Crippen molar-refractivity contribution >= 4 is 6.34 Å². The molecule has 0 bridgehead atoms. The van der Waals surface area contributed by atoms with Crippen LogP contribution in [0.4, 0.5) is 0 Å². The van der Waals surface area contributed by atoms with E-state index in [4.69, 9.17) is 5.26 Å². The van der Waals surface area contributed by atoms with E-state index in [-0.39, 0.29) is 0 Å². The van der Waals surface area contributed by atoms with Crippen molar-refractivity contribution in [2.45, 2.75) is 6.17 Å². The van der Waals surface area contributed by atoms with E-state index in [2.05, 4.69) is 15.2 Å². The maximum absolute atomic E-state index is 8.05. The molecule has 1 aliphatic heterocycles. The summed E-state index contributed by atoms with van der Waals surface area (Å²) in [5.74, 6) is 0. The third-order valence-electron chi connectivity index (χ3n) is 0.551. The molecule has 0 amide bonds. The summed E-state index contributed by atoms with van der Waals surface area (Å²) in [5, 5.41) is 14.8. The van der Waals surface area contributed by atoms with Crippen LogP contribution >= 0.6 is 0 Å². The topological polar surface area (TPSA) is 60.9 Å². The molecule has 0 fully saturated rings. The van der Waals surface area contributed by atoms with Crippen LogP contribution in [0.3, 0.4) is 0 Å². The van der Waals surface area contributed by atoms with Crippen LogP contribution in [-0.2, 0) is 0 Å². The Morgan fingerprint density at radius 1 is 1.71 bits per heavy atom. The first-order chi connectivity index (χ1) is 3.43. The minimum atomic E-state index is -0.569. The fraction of sp³-hybridized carbons (Fsp3) is 0.333. The molecule has 1 aliphatic rings. The first-order valence-corrected chi connectivity index (χ1v) is 1.75. The monoisotopic (exact) mass is 94.0 g/mol. The summed E-state index contributed by atoms with van der Waals surface area (Å²) in [5.41, 5.74) is 0. The molecule has 1 unspecified atom stereocenters. The van der Waals surface area contributed by atoms with Gasteiger partial charge in [0.2, 0.25) is 6.17 Å². The Hall–Kier alpha value is -1.24. The van der Waals surface area contributed by atoms with Gasteiger partial charge in [-0.15, -0.1) is 10.2 Å². The first-order valence-electron chi connectivity index (χ1n) is 1.75. The van der Waals surface area contributed by atoms with Crippen LogP contribution in [0.25, 0.3) is 0 Å². The van der Waals surface area contributed by atoms with Crippen molar-refractivity contribution in [1.29, 1.82) is 5.26 Å². The van der Waals surface area contributed by atoms with E-state index in [1.54, 1.807) is 6.07 Å². The van der Waals surface area contributed by atoms with Gasteiger partial charge in [0, 0.05) is 0 Å². The van der Waals surface area contributed by atoms with Crippen molar-refractivity contribution in [2.24, 2.45) is 15.2 Å². The number of nitriles is 1. The second-order valence-corrected chi connectivity index (χ2v) is 0.998. The standard InChI is InChI=1S/C3H2N4/c4-1-3-5-2-6-7-3/h2-3H. The van der Waals surface area contributed by atoms with Crippen molar-refractivity contribution in [3.8, 4) is 6.07 Å². The quantitative estimate of drug-likeness (QED) is 0.426. The second kappa shape index (κ2) is 1.47. The second-order valence-electron chi connectivity index (χ2n) is 0.998. The number of hydrogen-bond donors (Lipinski definition) is 0. The van der Waals surface area contributed by atoms with Crippen molar-refractivity contribution in [1.82, 2.24) is 0 Å². The molecule has 0 aromatic heterocycles. The molecule has 0 spiro atoms. The summed E-state index contributed by atoms with van der Waals surface area (Å²) < 4.78 is 0. The number of rotatable bonds is 0. The highest BCUT2D eigenvalue weighted by atomic mass is 15.3. The molecule has 7 heavy (non-hydrogen) atoms. The molecule has 0 aromatic carbocycles. The molecule has 1 heterocycles. The fourth-order valence-electron chi connectivity index (χ4n) is 0.275. The summed E-state index contributed by atoms with van der Waals surface area (Å²) in [7, 11) is 0. The van der Waals surface area contributed by atoms with Gasteiger partial charge in [0.15, 0.2) is 0 Å². The molecule has 0 aliphatic carbocycles. The molecule has 0 aromatic rings. The largest absolute Gasteiger partial charge is 0.248 e. The highest BCUT2D eigenvalue weighted by Crippen LogP contribution is 1.95. The van der Waals surface area contributed by atoms with E-state index in [1.165, 1.54) is 6.34 Å². The molecular weight excluding hydrogens is 92.1 g/mol. The van der Waals surface area contributed by atoms with Gasteiger partial charge >= 0.3 is 0 Å². The van der Waals surface area contributed by atoms with Gasteiger partial charge in [-0.25, -0.2) is 4.99 Å². The predicted octanol–water partition coefficient (Wildman–Crippen LogP) is 0.330. The van der Waals surface area contributed by atoms with Gasteiger partial charge in [0.05, 0.1) is 0 Å². The van der Waals surface area contributed by atoms with Gasteiger partial charge in [0.25, 0.3) is 0 Å². The van der Waals surface area contributed by atoms with E-state index >= 15 is 0 Å². The normalized spacial score (nSPS) is 25.3. The molecule has 0 saturated heterocycles. The molecule has 1 rings (SSSR count). The van der Waals surface area contributed by atoms with Gasteiger partial charge in [0.1, 0.15) is 12.4 Å². The van der Waals surface area contributed by atoms with E-state index < -0.39 is 6.17 Å². The molecule has 0 saturated carbocycles. The van der Waals surface area contributed by atoms with Crippen LogP contribution in [0.1, 0.15) is 0 Å². The van der Waals surface area contributed by atoms with Crippen LogP contribution in [0, 0.1) is 11.3 Å². The Bertz CT molecular complexity index is 139. The average molecular weight is 94.1 g/mol. The molecular formula is C3H2N4. The molecule has 4 heteroatoms. The number of aliphatic imine (C=N–C) groups is 1. The third-order valence-corrected chi connectivity index (χ3v) is 0.551. The summed E-state index contributed by atoms with van der Waals surface area (Å²) in [4.78, 5) is 3.53. The van der Waals surface area contributed by atoms with Crippen molar-refractivity contribution in [3.05, 3.63) is 0 Å². The van der Waals surface area contributed by atoms with Gasteiger partial charge in [-0.3, -0.25) is 0 Å². The minimum Gasteiger partial charge on any atom is -0.228 e. The summed E-state index contributed by atoms with van der Waals surface area (Å²) in [6.45, 7) is 0. The molecule has 34 valence electrons. The first kappa shape index (κ1) is 3.93. The number of hydrogen-bond acceptors (Lipinski definition) is 4. The Morgan fingerprint density at radius 2 is 2.57 bits per heavy atom. The summed E-state index contributed by atoms with van der Waals surface area (Å²) >= 11 is 0. The van der Waals surface area contributed by atoms with Crippen LogP contribution in [0.15, 0.2) is 15.2 Å². The van der Waals surface area contributed by atoms with E-state index in [1.807, 2.05) is 0 Å². The van der Waals surface area contributed by atoms with Crippen molar-refractivity contribution in [3.63, 3.8) is 0 Å². The summed E-state index contributed by atoms with van der Waals surface area (Å²) in [6, 6.07) is 1.81. The average Bonchev–Trinajstić information content (AvgIpc) is 2.14. The minimum absolute atomic E-state index is 0.569. The lowest BCUT2D eigenvalue weighted by atomic mass is 10.6. The van der Waals surface area contributed by atoms with Gasteiger partial charge in [-0.2, -0.15) is 5.26 Å². The Morgan fingerprint density at radius 3 is 2.86 bits per heavy atom. The van der Waals surface area contributed by atoms with E-state index in [9.17, 15) is 0 Å². The molecule has 1 atom stereocenters. The third kappa shape index (κ3) is 0.602. The van der Waals surface area contributed by atoms with Gasteiger partial charge in [-0.05, 0) is 0 Å². The van der Waals surface area contributed by atoms with Crippen molar-refractivity contribution < 1.29 is 0 Å². The van der Waals surface area contributed by atoms with Crippen LogP contribution in [-0.4, -0.2) is 12.5 Å². The summed E-state index contributed by atoms with van der Waals surface area (Å²) in [6.07, 6.45) is 0.702.